The fourth-order valence-corrected chi connectivity index (χ4v) is 3.63. The third-order valence-corrected chi connectivity index (χ3v) is 4.77. The standard InChI is InChI=1S/C18H30N2O/c1-14(19)18(15-9-8-12-17(13-15)21-3)20(2)16-10-6-4-5-7-11-16/h8-9,12-14,16,18H,4-7,10-11,19H2,1-3H3. The van der Waals surface area contributed by atoms with Gasteiger partial charge in [-0.3, -0.25) is 4.90 Å². The Kier molecular flexibility index (Phi) is 6.07. The van der Waals surface area contributed by atoms with E-state index in [4.69, 9.17) is 10.5 Å². The zero-order valence-electron chi connectivity index (χ0n) is 13.7. The summed E-state index contributed by atoms with van der Waals surface area (Å²) in [6.45, 7) is 2.11. The van der Waals surface area contributed by atoms with Crippen molar-refractivity contribution in [2.24, 2.45) is 5.73 Å². The Bertz CT molecular complexity index is 425. The summed E-state index contributed by atoms with van der Waals surface area (Å²) in [5.41, 5.74) is 7.58. The molecule has 1 aromatic rings. The van der Waals surface area contributed by atoms with Gasteiger partial charge in [-0.05, 0) is 44.5 Å². The number of hydrogen-bond acceptors (Lipinski definition) is 3. The van der Waals surface area contributed by atoms with Crippen molar-refractivity contribution < 1.29 is 4.74 Å². The highest BCUT2D eigenvalue weighted by Crippen LogP contribution is 2.31. The SMILES string of the molecule is COc1cccc(C(C(C)N)N(C)C2CCCCCC2)c1. The normalized spacial score (nSPS) is 20.0. The van der Waals surface area contributed by atoms with E-state index in [1.165, 1.54) is 44.1 Å². The smallest absolute Gasteiger partial charge is 0.119 e. The first-order valence-corrected chi connectivity index (χ1v) is 8.25. The van der Waals surface area contributed by atoms with E-state index in [1.807, 2.05) is 6.07 Å². The van der Waals surface area contributed by atoms with Gasteiger partial charge in [0.25, 0.3) is 0 Å². The molecule has 3 nitrogen and oxygen atoms in total. The monoisotopic (exact) mass is 290 g/mol. The van der Waals surface area contributed by atoms with Gasteiger partial charge >= 0.3 is 0 Å². The largest absolute Gasteiger partial charge is 0.497 e. The Morgan fingerprint density at radius 1 is 1.19 bits per heavy atom. The van der Waals surface area contributed by atoms with E-state index >= 15 is 0 Å². The van der Waals surface area contributed by atoms with Crippen molar-refractivity contribution in [3.8, 4) is 5.75 Å². The molecular weight excluding hydrogens is 260 g/mol. The fraction of sp³-hybridized carbons (Fsp3) is 0.667. The van der Waals surface area contributed by atoms with Crippen LogP contribution in [0, 0.1) is 0 Å². The molecule has 0 aliphatic heterocycles. The van der Waals surface area contributed by atoms with Gasteiger partial charge in [0.2, 0.25) is 0 Å². The Hall–Kier alpha value is -1.06. The molecular formula is C18H30N2O. The highest BCUT2D eigenvalue weighted by Gasteiger charge is 2.27. The summed E-state index contributed by atoms with van der Waals surface area (Å²) in [5.74, 6) is 0.910. The van der Waals surface area contributed by atoms with Crippen LogP contribution >= 0.6 is 0 Å². The van der Waals surface area contributed by atoms with Crippen molar-refractivity contribution in [1.82, 2.24) is 4.90 Å². The highest BCUT2D eigenvalue weighted by molar-refractivity contribution is 5.31. The number of nitrogens with two attached hydrogens (primary N) is 1. The van der Waals surface area contributed by atoms with Crippen LogP contribution in [-0.2, 0) is 0 Å². The lowest BCUT2D eigenvalue weighted by Gasteiger charge is -2.37. The van der Waals surface area contributed by atoms with Gasteiger partial charge in [0.05, 0.1) is 7.11 Å². The summed E-state index contributed by atoms with van der Waals surface area (Å²) >= 11 is 0. The zero-order valence-corrected chi connectivity index (χ0v) is 13.7. The molecule has 1 aromatic carbocycles. The molecule has 0 heterocycles. The van der Waals surface area contributed by atoms with Crippen LogP contribution in [0.4, 0.5) is 0 Å². The lowest BCUT2D eigenvalue weighted by atomic mass is 9.96. The first-order chi connectivity index (χ1) is 10.1. The number of ether oxygens (including phenoxy) is 1. The molecule has 2 rings (SSSR count). The maximum Gasteiger partial charge on any atom is 0.119 e. The van der Waals surface area contributed by atoms with E-state index in [0.29, 0.717) is 6.04 Å². The van der Waals surface area contributed by atoms with Gasteiger partial charge in [0.1, 0.15) is 5.75 Å². The molecule has 3 heteroatoms. The summed E-state index contributed by atoms with van der Waals surface area (Å²) in [6.07, 6.45) is 8.05. The minimum absolute atomic E-state index is 0.102. The Morgan fingerprint density at radius 3 is 2.43 bits per heavy atom. The topological polar surface area (TPSA) is 38.5 Å². The number of likely N-dealkylation sites (N-methyl/N-ethyl adjacent to an activating group) is 1. The van der Waals surface area contributed by atoms with Crippen LogP contribution in [0.5, 0.6) is 5.75 Å². The summed E-state index contributed by atoms with van der Waals surface area (Å²) in [4.78, 5) is 2.50. The van der Waals surface area contributed by atoms with Crippen molar-refractivity contribution in [1.29, 1.82) is 0 Å². The van der Waals surface area contributed by atoms with Crippen molar-refractivity contribution in [2.75, 3.05) is 14.2 Å². The van der Waals surface area contributed by atoms with Crippen LogP contribution in [-0.4, -0.2) is 31.1 Å². The molecule has 0 spiro atoms. The average Bonchev–Trinajstić information content (AvgIpc) is 2.76. The van der Waals surface area contributed by atoms with Crippen molar-refractivity contribution in [3.05, 3.63) is 29.8 Å². The molecule has 1 aliphatic rings. The molecule has 0 bridgehead atoms. The summed E-state index contributed by atoms with van der Waals surface area (Å²) in [7, 11) is 3.96. The molecule has 0 amide bonds. The van der Waals surface area contributed by atoms with Crippen LogP contribution in [0.25, 0.3) is 0 Å². The molecule has 0 radical (unpaired) electrons. The van der Waals surface area contributed by atoms with Gasteiger partial charge in [0, 0.05) is 18.1 Å². The Balaban J connectivity index is 2.20. The van der Waals surface area contributed by atoms with Crippen molar-refractivity contribution >= 4 is 0 Å². The summed E-state index contributed by atoms with van der Waals surface area (Å²) < 4.78 is 5.37. The number of methoxy groups -OCH3 is 1. The van der Waals surface area contributed by atoms with Gasteiger partial charge in [0.15, 0.2) is 0 Å². The predicted molar refractivity (Wildman–Crippen MR) is 88.6 cm³/mol. The predicted octanol–water partition coefficient (Wildman–Crippen LogP) is 3.74. The second-order valence-corrected chi connectivity index (χ2v) is 6.39. The van der Waals surface area contributed by atoms with Crippen LogP contribution < -0.4 is 10.5 Å². The third-order valence-electron chi connectivity index (χ3n) is 4.77. The van der Waals surface area contributed by atoms with Gasteiger partial charge in [-0.1, -0.05) is 37.8 Å². The van der Waals surface area contributed by atoms with E-state index in [-0.39, 0.29) is 12.1 Å². The number of hydrogen-bond donors (Lipinski definition) is 1. The summed E-state index contributed by atoms with van der Waals surface area (Å²) in [5, 5.41) is 0. The lowest BCUT2D eigenvalue weighted by molar-refractivity contribution is 0.141. The van der Waals surface area contributed by atoms with Crippen molar-refractivity contribution in [3.63, 3.8) is 0 Å². The van der Waals surface area contributed by atoms with Gasteiger partial charge < -0.3 is 10.5 Å². The first-order valence-electron chi connectivity index (χ1n) is 8.25. The quantitative estimate of drug-likeness (QED) is 0.840. The lowest BCUT2D eigenvalue weighted by Crippen LogP contribution is -2.42. The second-order valence-electron chi connectivity index (χ2n) is 6.39. The zero-order chi connectivity index (χ0) is 15.2. The van der Waals surface area contributed by atoms with Gasteiger partial charge in [-0.2, -0.15) is 0 Å². The maximum atomic E-state index is 6.32. The van der Waals surface area contributed by atoms with Crippen LogP contribution in [0.15, 0.2) is 24.3 Å². The molecule has 1 aliphatic carbocycles. The van der Waals surface area contributed by atoms with E-state index in [9.17, 15) is 0 Å². The van der Waals surface area contributed by atoms with E-state index in [1.54, 1.807) is 7.11 Å². The minimum Gasteiger partial charge on any atom is -0.497 e. The maximum absolute atomic E-state index is 6.32. The molecule has 2 N–H and O–H groups in total. The molecule has 1 saturated carbocycles. The Labute approximate surface area is 129 Å². The minimum atomic E-state index is 0.102. The molecule has 2 atom stereocenters. The molecule has 21 heavy (non-hydrogen) atoms. The average molecular weight is 290 g/mol. The van der Waals surface area contributed by atoms with Crippen molar-refractivity contribution in [2.45, 2.75) is 63.6 Å². The van der Waals surface area contributed by atoms with Crippen LogP contribution in [0.3, 0.4) is 0 Å². The molecule has 0 saturated heterocycles. The fourth-order valence-electron chi connectivity index (χ4n) is 3.63. The highest BCUT2D eigenvalue weighted by atomic mass is 16.5. The molecule has 2 unspecified atom stereocenters. The molecule has 1 fully saturated rings. The molecule has 118 valence electrons. The van der Waals surface area contributed by atoms with Gasteiger partial charge in [-0.15, -0.1) is 0 Å². The second kappa shape index (κ2) is 7.81. The number of nitrogens with zero attached hydrogens (tertiary/aromatic N) is 1. The Morgan fingerprint density at radius 2 is 1.86 bits per heavy atom. The molecule has 0 aromatic heterocycles. The number of benzene rings is 1. The van der Waals surface area contributed by atoms with Crippen LogP contribution in [0.2, 0.25) is 0 Å². The third kappa shape index (κ3) is 4.21. The number of rotatable bonds is 5. The van der Waals surface area contributed by atoms with E-state index in [0.717, 1.165) is 5.75 Å². The summed E-state index contributed by atoms with van der Waals surface area (Å²) in [6, 6.07) is 9.35. The van der Waals surface area contributed by atoms with Gasteiger partial charge in [-0.25, -0.2) is 0 Å². The first kappa shape index (κ1) is 16.3. The van der Waals surface area contributed by atoms with E-state index < -0.39 is 0 Å². The van der Waals surface area contributed by atoms with E-state index in [2.05, 4.69) is 37.1 Å². The van der Waals surface area contributed by atoms with Crippen LogP contribution in [0.1, 0.15) is 57.1 Å².